The van der Waals surface area contributed by atoms with Crippen molar-refractivity contribution in [2.75, 3.05) is 31.9 Å². The van der Waals surface area contributed by atoms with Gasteiger partial charge in [0.2, 0.25) is 10.0 Å². The molecular formula is C14H32N2O2S. The van der Waals surface area contributed by atoms with E-state index in [9.17, 15) is 8.42 Å². The molecule has 0 saturated heterocycles. The van der Waals surface area contributed by atoms with Crippen LogP contribution < -0.4 is 5.32 Å². The van der Waals surface area contributed by atoms with Crippen LogP contribution in [-0.4, -0.2) is 44.7 Å². The van der Waals surface area contributed by atoms with E-state index >= 15 is 0 Å². The second-order valence-corrected chi connectivity index (χ2v) is 8.11. The molecule has 0 saturated carbocycles. The van der Waals surface area contributed by atoms with Crippen LogP contribution in [0.5, 0.6) is 0 Å². The largest absolute Gasteiger partial charge is 0.317 e. The molecule has 5 heteroatoms. The highest BCUT2D eigenvalue weighted by Crippen LogP contribution is 2.10. The number of nitrogens with zero attached hydrogens (tertiary/aromatic N) is 1. The van der Waals surface area contributed by atoms with Gasteiger partial charge < -0.3 is 5.32 Å². The highest BCUT2D eigenvalue weighted by atomic mass is 32.2. The van der Waals surface area contributed by atoms with Gasteiger partial charge in [0, 0.05) is 13.1 Å². The van der Waals surface area contributed by atoms with Gasteiger partial charge in [-0.2, -0.15) is 0 Å². The summed E-state index contributed by atoms with van der Waals surface area (Å²) < 4.78 is 26.3. The van der Waals surface area contributed by atoms with Gasteiger partial charge >= 0.3 is 0 Å². The molecule has 1 N–H and O–H groups in total. The van der Waals surface area contributed by atoms with Crippen molar-refractivity contribution in [3.8, 4) is 0 Å². The molecule has 0 aromatic heterocycles. The second kappa shape index (κ2) is 9.72. The van der Waals surface area contributed by atoms with Gasteiger partial charge in [-0.1, -0.05) is 34.6 Å². The Balaban J connectivity index is 4.35. The van der Waals surface area contributed by atoms with Gasteiger partial charge in [-0.25, -0.2) is 12.7 Å². The van der Waals surface area contributed by atoms with E-state index in [1.54, 1.807) is 4.31 Å². The van der Waals surface area contributed by atoms with E-state index in [-0.39, 0.29) is 5.75 Å². The summed E-state index contributed by atoms with van der Waals surface area (Å²) in [7, 11) is -3.11. The van der Waals surface area contributed by atoms with Gasteiger partial charge in [0.15, 0.2) is 0 Å². The molecule has 0 atom stereocenters. The fourth-order valence-corrected chi connectivity index (χ4v) is 3.74. The van der Waals surface area contributed by atoms with Crippen LogP contribution >= 0.6 is 0 Å². The SMILES string of the molecule is CCCNCCCS(=O)(=O)N(CC(C)C)CC(C)C. The predicted molar refractivity (Wildman–Crippen MR) is 82.8 cm³/mol. The molecule has 19 heavy (non-hydrogen) atoms. The number of rotatable bonds is 11. The Hall–Kier alpha value is -0.130. The van der Waals surface area contributed by atoms with Crippen LogP contribution in [-0.2, 0) is 10.0 Å². The van der Waals surface area contributed by atoms with Crippen molar-refractivity contribution in [3.05, 3.63) is 0 Å². The van der Waals surface area contributed by atoms with Crippen LogP contribution in [0.4, 0.5) is 0 Å². The summed E-state index contributed by atoms with van der Waals surface area (Å²) in [5.41, 5.74) is 0. The monoisotopic (exact) mass is 292 g/mol. The quantitative estimate of drug-likeness (QED) is 0.595. The molecule has 0 aromatic rings. The summed E-state index contributed by atoms with van der Waals surface area (Å²) >= 11 is 0. The van der Waals surface area contributed by atoms with Gasteiger partial charge in [-0.05, 0) is 37.8 Å². The molecule has 0 aliphatic rings. The summed E-state index contributed by atoms with van der Waals surface area (Å²) in [6.45, 7) is 13.4. The number of hydrogen-bond donors (Lipinski definition) is 1. The lowest BCUT2D eigenvalue weighted by molar-refractivity contribution is 0.333. The van der Waals surface area contributed by atoms with Crippen molar-refractivity contribution in [3.63, 3.8) is 0 Å². The second-order valence-electron chi connectivity index (χ2n) is 6.02. The van der Waals surface area contributed by atoms with Crippen LogP contribution in [0, 0.1) is 11.8 Å². The zero-order chi connectivity index (χ0) is 14.9. The Bertz CT molecular complexity index is 303. The fourth-order valence-electron chi connectivity index (χ4n) is 1.93. The van der Waals surface area contributed by atoms with Crippen LogP contribution in [0.2, 0.25) is 0 Å². The molecule has 116 valence electrons. The lowest BCUT2D eigenvalue weighted by Gasteiger charge is -2.25. The summed E-state index contributed by atoms with van der Waals surface area (Å²) in [6, 6.07) is 0. The van der Waals surface area contributed by atoms with Crippen molar-refractivity contribution in [1.29, 1.82) is 0 Å². The molecule has 0 aliphatic heterocycles. The third kappa shape index (κ3) is 9.41. The first kappa shape index (κ1) is 18.9. The maximum atomic E-state index is 12.3. The van der Waals surface area contributed by atoms with Gasteiger partial charge in [0.25, 0.3) is 0 Å². The summed E-state index contributed by atoms with van der Waals surface area (Å²) in [4.78, 5) is 0. The first-order chi connectivity index (χ1) is 8.79. The van der Waals surface area contributed by atoms with Crippen molar-refractivity contribution in [2.24, 2.45) is 11.8 Å². The number of nitrogens with one attached hydrogen (secondary N) is 1. The molecule has 4 nitrogen and oxygen atoms in total. The standard InChI is InChI=1S/C14H32N2O2S/c1-6-8-15-9-7-10-19(17,18)16(11-13(2)3)12-14(4)5/h13-15H,6-12H2,1-5H3. The van der Waals surface area contributed by atoms with E-state index < -0.39 is 10.0 Å². The molecule has 0 bridgehead atoms. The van der Waals surface area contributed by atoms with Crippen LogP contribution in [0.3, 0.4) is 0 Å². The molecule has 0 rings (SSSR count). The minimum absolute atomic E-state index is 0.253. The van der Waals surface area contributed by atoms with Crippen LogP contribution in [0.15, 0.2) is 0 Å². The highest BCUT2D eigenvalue weighted by molar-refractivity contribution is 7.89. The Morgan fingerprint density at radius 2 is 1.53 bits per heavy atom. The number of sulfonamides is 1. The highest BCUT2D eigenvalue weighted by Gasteiger charge is 2.23. The van der Waals surface area contributed by atoms with E-state index in [4.69, 9.17) is 0 Å². The smallest absolute Gasteiger partial charge is 0.214 e. The Morgan fingerprint density at radius 1 is 1.00 bits per heavy atom. The van der Waals surface area contributed by atoms with E-state index in [1.165, 1.54) is 0 Å². The average molecular weight is 292 g/mol. The minimum Gasteiger partial charge on any atom is -0.317 e. The lowest BCUT2D eigenvalue weighted by atomic mass is 10.2. The third-order valence-corrected chi connectivity index (χ3v) is 4.60. The van der Waals surface area contributed by atoms with Crippen LogP contribution in [0.1, 0.15) is 47.5 Å². The van der Waals surface area contributed by atoms with E-state index in [2.05, 4.69) is 39.9 Å². The maximum Gasteiger partial charge on any atom is 0.214 e. The van der Waals surface area contributed by atoms with Crippen molar-refractivity contribution in [1.82, 2.24) is 9.62 Å². The lowest BCUT2D eigenvalue weighted by Crippen LogP contribution is -2.39. The molecular weight excluding hydrogens is 260 g/mol. The molecule has 0 fully saturated rings. The molecule has 0 amide bonds. The van der Waals surface area contributed by atoms with E-state index in [1.807, 2.05) is 0 Å². The fraction of sp³-hybridized carbons (Fsp3) is 1.00. The molecule has 0 unspecified atom stereocenters. The number of hydrogen-bond acceptors (Lipinski definition) is 3. The first-order valence-electron chi connectivity index (χ1n) is 7.48. The third-order valence-electron chi connectivity index (χ3n) is 2.71. The topological polar surface area (TPSA) is 49.4 Å². The van der Waals surface area contributed by atoms with Gasteiger partial charge in [0.1, 0.15) is 0 Å². The van der Waals surface area contributed by atoms with Crippen molar-refractivity contribution >= 4 is 10.0 Å². The molecule has 0 heterocycles. The Morgan fingerprint density at radius 3 is 1.95 bits per heavy atom. The van der Waals surface area contributed by atoms with Gasteiger partial charge in [-0.3, -0.25) is 0 Å². The Labute approximate surface area is 120 Å². The maximum absolute atomic E-state index is 12.3. The molecule has 0 aliphatic carbocycles. The van der Waals surface area contributed by atoms with Gasteiger partial charge in [-0.15, -0.1) is 0 Å². The van der Waals surface area contributed by atoms with Crippen LogP contribution in [0.25, 0.3) is 0 Å². The molecule has 0 spiro atoms. The average Bonchev–Trinajstić information content (AvgIpc) is 2.26. The Kier molecular flexibility index (Phi) is 9.66. The summed E-state index contributed by atoms with van der Waals surface area (Å²) in [6.07, 6.45) is 1.77. The van der Waals surface area contributed by atoms with Crippen molar-refractivity contribution < 1.29 is 8.42 Å². The summed E-state index contributed by atoms with van der Waals surface area (Å²) in [5, 5.41) is 3.25. The van der Waals surface area contributed by atoms with Crippen molar-refractivity contribution in [2.45, 2.75) is 47.5 Å². The first-order valence-corrected chi connectivity index (χ1v) is 9.09. The van der Waals surface area contributed by atoms with E-state index in [0.717, 1.165) is 19.5 Å². The molecule has 0 radical (unpaired) electrons. The van der Waals surface area contributed by atoms with E-state index in [0.29, 0.717) is 31.3 Å². The predicted octanol–water partition coefficient (Wildman–Crippen LogP) is 2.32. The normalized spacial score (nSPS) is 12.8. The summed E-state index contributed by atoms with van der Waals surface area (Å²) in [5.74, 6) is 0.988. The van der Waals surface area contributed by atoms with Gasteiger partial charge in [0.05, 0.1) is 5.75 Å². The minimum atomic E-state index is -3.11. The molecule has 0 aromatic carbocycles. The zero-order valence-electron chi connectivity index (χ0n) is 13.3. The zero-order valence-corrected chi connectivity index (χ0v) is 14.1.